The fourth-order valence-electron chi connectivity index (χ4n) is 3.57. The molecule has 1 aliphatic rings. The van der Waals surface area contributed by atoms with Gasteiger partial charge in [0.05, 0.1) is 30.0 Å². The van der Waals surface area contributed by atoms with Crippen molar-refractivity contribution in [3.8, 4) is 5.75 Å². The number of nitrogens with one attached hydrogen (secondary N) is 1. The number of benzene rings is 2. The number of amides is 1. The molecule has 2 heterocycles. The number of rotatable bonds is 7. The Labute approximate surface area is 173 Å². The summed E-state index contributed by atoms with van der Waals surface area (Å²) in [5, 5.41) is 4.34. The van der Waals surface area contributed by atoms with Crippen molar-refractivity contribution in [2.24, 2.45) is 5.73 Å². The number of anilines is 2. The van der Waals surface area contributed by atoms with E-state index in [4.69, 9.17) is 15.2 Å². The number of thioether (sulfide) groups is 1. The molecule has 1 aromatic heterocycles. The molecule has 3 N–H and O–H groups in total. The quantitative estimate of drug-likeness (QED) is 0.452. The number of aryl methyl sites for hydroxylation is 1. The standard InChI is InChI=1S/C22H23N3O3S/c1-13-10-14(29-9-8-27-2)11-16-20(13)24-12-17(22(23)26)21(16)25-18-4-3-5-19-15(18)6-7-28-19/h3-5,10-12H,6-9H2,1-2H3,(H2,23,26)(H,24,25). The summed E-state index contributed by atoms with van der Waals surface area (Å²) in [4.78, 5) is 17.8. The van der Waals surface area contributed by atoms with Gasteiger partial charge in [-0.05, 0) is 36.8 Å². The molecule has 3 aromatic rings. The third kappa shape index (κ3) is 3.88. The summed E-state index contributed by atoms with van der Waals surface area (Å²) in [6, 6.07) is 10.1. The molecular weight excluding hydrogens is 386 g/mol. The minimum atomic E-state index is -0.513. The van der Waals surface area contributed by atoms with Crippen LogP contribution in [-0.4, -0.2) is 37.0 Å². The first kappa shape index (κ1) is 19.5. The third-order valence-electron chi connectivity index (χ3n) is 4.96. The molecule has 0 radical (unpaired) electrons. The van der Waals surface area contributed by atoms with E-state index in [9.17, 15) is 4.79 Å². The lowest BCUT2D eigenvalue weighted by molar-refractivity contribution is 0.100. The minimum absolute atomic E-state index is 0.368. The Balaban J connectivity index is 1.84. The third-order valence-corrected chi connectivity index (χ3v) is 5.90. The number of pyridine rings is 1. The first-order chi connectivity index (χ1) is 14.1. The van der Waals surface area contributed by atoms with Crippen LogP contribution in [0.4, 0.5) is 11.4 Å². The Morgan fingerprint density at radius 3 is 3.03 bits per heavy atom. The van der Waals surface area contributed by atoms with E-state index in [1.54, 1.807) is 25.1 Å². The van der Waals surface area contributed by atoms with Gasteiger partial charge in [0, 0.05) is 47.0 Å². The molecule has 1 aliphatic heterocycles. The van der Waals surface area contributed by atoms with E-state index in [0.717, 1.165) is 50.5 Å². The van der Waals surface area contributed by atoms with Crippen LogP contribution in [-0.2, 0) is 11.2 Å². The first-order valence-electron chi connectivity index (χ1n) is 9.45. The van der Waals surface area contributed by atoms with Crippen molar-refractivity contribution in [1.29, 1.82) is 0 Å². The molecule has 0 bridgehead atoms. The van der Waals surface area contributed by atoms with Gasteiger partial charge in [-0.25, -0.2) is 0 Å². The largest absolute Gasteiger partial charge is 0.493 e. The van der Waals surface area contributed by atoms with E-state index in [-0.39, 0.29) is 0 Å². The lowest BCUT2D eigenvalue weighted by atomic mass is 10.0. The predicted molar refractivity (Wildman–Crippen MR) is 117 cm³/mol. The molecule has 0 saturated carbocycles. The number of fused-ring (bicyclic) bond motifs is 2. The van der Waals surface area contributed by atoms with Gasteiger partial charge in [0.15, 0.2) is 0 Å². The number of hydrogen-bond donors (Lipinski definition) is 2. The van der Waals surface area contributed by atoms with Crippen LogP contribution in [0.25, 0.3) is 10.9 Å². The monoisotopic (exact) mass is 409 g/mol. The van der Waals surface area contributed by atoms with Crippen molar-refractivity contribution in [2.75, 3.05) is 31.4 Å². The van der Waals surface area contributed by atoms with Gasteiger partial charge in [-0.3, -0.25) is 9.78 Å². The number of carbonyl (C=O) groups excluding carboxylic acids is 1. The number of ether oxygens (including phenoxy) is 2. The van der Waals surface area contributed by atoms with Crippen molar-refractivity contribution >= 4 is 39.9 Å². The van der Waals surface area contributed by atoms with Gasteiger partial charge >= 0.3 is 0 Å². The number of nitrogens with two attached hydrogens (primary N) is 1. The SMILES string of the molecule is COCCSc1cc(C)c2ncc(C(N)=O)c(Nc3cccc4c3CCO4)c2c1. The zero-order valence-electron chi connectivity index (χ0n) is 16.5. The van der Waals surface area contributed by atoms with Gasteiger partial charge in [0.25, 0.3) is 5.91 Å². The van der Waals surface area contributed by atoms with Gasteiger partial charge in [-0.1, -0.05) is 6.07 Å². The summed E-state index contributed by atoms with van der Waals surface area (Å²) in [6.07, 6.45) is 2.38. The van der Waals surface area contributed by atoms with E-state index in [1.807, 2.05) is 25.1 Å². The van der Waals surface area contributed by atoms with E-state index >= 15 is 0 Å². The van der Waals surface area contributed by atoms with Crippen molar-refractivity contribution in [2.45, 2.75) is 18.2 Å². The van der Waals surface area contributed by atoms with Crippen molar-refractivity contribution < 1.29 is 14.3 Å². The van der Waals surface area contributed by atoms with Crippen molar-refractivity contribution in [3.63, 3.8) is 0 Å². The number of methoxy groups -OCH3 is 1. The highest BCUT2D eigenvalue weighted by Crippen LogP contribution is 2.37. The summed E-state index contributed by atoms with van der Waals surface area (Å²) in [6.45, 7) is 3.35. The van der Waals surface area contributed by atoms with Crippen LogP contribution in [0.15, 0.2) is 41.4 Å². The molecule has 0 unspecified atom stereocenters. The van der Waals surface area contributed by atoms with E-state index in [2.05, 4.69) is 22.4 Å². The molecule has 4 rings (SSSR count). The van der Waals surface area contributed by atoms with Gasteiger partial charge in [-0.2, -0.15) is 0 Å². The van der Waals surface area contributed by atoms with Crippen LogP contribution in [0.2, 0.25) is 0 Å². The molecule has 29 heavy (non-hydrogen) atoms. The molecule has 0 fully saturated rings. The lowest BCUT2D eigenvalue weighted by Gasteiger charge is -2.17. The van der Waals surface area contributed by atoms with Gasteiger partial charge in [-0.15, -0.1) is 11.8 Å². The minimum Gasteiger partial charge on any atom is -0.493 e. The van der Waals surface area contributed by atoms with Gasteiger partial charge < -0.3 is 20.5 Å². The molecule has 0 spiro atoms. The van der Waals surface area contributed by atoms with Gasteiger partial charge in [0.2, 0.25) is 0 Å². The topological polar surface area (TPSA) is 86.5 Å². The average molecular weight is 410 g/mol. The van der Waals surface area contributed by atoms with E-state index in [1.165, 1.54) is 0 Å². The number of hydrogen-bond acceptors (Lipinski definition) is 6. The van der Waals surface area contributed by atoms with Crippen molar-refractivity contribution in [3.05, 3.63) is 53.2 Å². The zero-order valence-corrected chi connectivity index (χ0v) is 17.3. The Morgan fingerprint density at radius 1 is 1.38 bits per heavy atom. The Morgan fingerprint density at radius 2 is 2.24 bits per heavy atom. The summed E-state index contributed by atoms with van der Waals surface area (Å²) in [5.41, 5.74) is 10.6. The molecule has 0 aliphatic carbocycles. The van der Waals surface area contributed by atoms with Crippen LogP contribution in [0.5, 0.6) is 5.75 Å². The van der Waals surface area contributed by atoms with Crippen LogP contribution in [0.3, 0.4) is 0 Å². The molecule has 7 heteroatoms. The normalized spacial score (nSPS) is 12.6. The molecule has 150 valence electrons. The zero-order chi connectivity index (χ0) is 20.4. The Bertz CT molecular complexity index is 1080. The molecule has 2 aromatic carbocycles. The number of primary amides is 1. The highest BCUT2D eigenvalue weighted by Gasteiger charge is 2.20. The maximum Gasteiger partial charge on any atom is 0.252 e. The number of aromatic nitrogens is 1. The predicted octanol–water partition coefficient (Wildman–Crippen LogP) is 4.06. The smallest absolute Gasteiger partial charge is 0.252 e. The van der Waals surface area contributed by atoms with E-state index in [0.29, 0.717) is 24.5 Å². The van der Waals surface area contributed by atoms with Crippen molar-refractivity contribution in [1.82, 2.24) is 4.98 Å². The van der Waals surface area contributed by atoms with Crippen LogP contribution in [0.1, 0.15) is 21.5 Å². The fraction of sp³-hybridized carbons (Fsp3) is 0.273. The first-order valence-corrected chi connectivity index (χ1v) is 10.4. The number of carbonyl (C=O) groups is 1. The second-order valence-corrected chi connectivity index (χ2v) is 8.06. The lowest BCUT2D eigenvalue weighted by Crippen LogP contribution is -2.14. The Hall–Kier alpha value is -2.77. The average Bonchev–Trinajstić information content (AvgIpc) is 3.18. The molecule has 0 saturated heterocycles. The highest BCUT2D eigenvalue weighted by atomic mass is 32.2. The van der Waals surface area contributed by atoms with Crippen LogP contribution < -0.4 is 15.8 Å². The maximum absolute atomic E-state index is 12.2. The van der Waals surface area contributed by atoms with Crippen LogP contribution in [0, 0.1) is 6.92 Å². The summed E-state index contributed by atoms with van der Waals surface area (Å²) in [5.74, 6) is 1.21. The molecular formula is C22H23N3O3S. The second kappa shape index (κ2) is 8.31. The highest BCUT2D eigenvalue weighted by molar-refractivity contribution is 7.99. The fourth-order valence-corrected chi connectivity index (χ4v) is 4.52. The van der Waals surface area contributed by atoms with Crippen LogP contribution >= 0.6 is 11.8 Å². The van der Waals surface area contributed by atoms with Gasteiger partial charge in [0.1, 0.15) is 5.75 Å². The maximum atomic E-state index is 12.2. The molecule has 1 amide bonds. The molecule has 6 nitrogen and oxygen atoms in total. The summed E-state index contributed by atoms with van der Waals surface area (Å²) >= 11 is 1.71. The second-order valence-electron chi connectivity index (χ2n) is 6.89. The summed E-state index contributed by atoms with van der Waals surface area (Å²) in [7, 11) is 1.69. The Kier molecular flexibility index (Phi) is 5.60. The van der Waals surface area contributed by atoms with E-state index < -0.39 is 5.91 Å². The number of nitrogens with zero attached hydrogens (tertiary/aromatic N) is 1. The summed E-state index contributed by atoms with van der Waals surface area (Å²) < 4.78 is 10.8. The molecule has 0 atom stereocenters.